The molecule has 16 atom stereocenters. The number of phenols is 3. The number of aromatic nitrogens is 1. The molecular weight excluding hydrogens is 1760 g/mol. The summed E-state index contributed by atoms with van der Waals surface area (Å²) in [5.41, 5.74) is 44.0. The number of aliphatic hydroxyl groups excluding tert-OH is 2. The summed E-state index contributed by atoms with van der Waals surface area (Å²) in [6, 6.07) is 11.8. The molecule has 0 radical (unpaired) electrons. The highest BCUT2D eigenvalue weighted by Gasteiger charge is 2.40. The van der Waals surface area contributed by atoms with E-state index in [9.17, 15) is 63.9 Å². The molecule has 0 spiro atoms. The van der Waals surface area contributed by atoms with E-state index in [1.807, 2.05) is 0 Å². The minimum absolute atomic E-state index is 0.0214. The van der Waals surface area contributed by atoms with E-state index in [1.54, 1.807) is 72.9 Å². The largest absolute Gasteiger partial charge is 0.508 e. The number of H-pyrrole nitrogens is 1. The van der Waals surface area contributed by atoms with Gasteiger partial charge in [-0.3, -0.25) is 67.1 Å². The number of nitrogens with one attached hydrogen (secondary N) is 14. The Morgan fingerprint density at radius 2 is 0.571 bits per heavy atom. The van der Waals surface area contributed by atoms with Gasteiger partial charge in [-0.25, -0.2) is 0 Å². The summed E-state index contributed by atoms with van der Waals surface area (Å²) < 4.78 is 0. The Kier molecular flexibility index (Phi) is 48.0. The van der Waals surface area contributed by atoms with Crippen LogP contribution in [0.3, 0.4) is 0 Å². The molecule has 0 bridgehead atoms. The number of primary amides is 1. The third-order valence-electron chi connectivity index (χ3n) is 22.1. The van der Waals surface area contributed by atoms with Crippen LogP contribution in [-0.4, -0.2) is 254 Å². The molecule has 728 valence electrons. The molecule has 1 aromatic heterocycles. The summed E-state index contributed by atoms with van der Waals surface area (Å²) in [7, 11) is 0. The van der Waals surface area contributed by atoms with Crippen molar-refractivity contribution in [2.45, 2.75) is 239 Å². The highest BCUT2D eigenvalue weighted by molar-refractivity contribution is 7.80. The van der Waals surface area contributed by atoms with Crippen molar-refractivity contribution in [1.82, 2.24) is 74.1 Å². The molecule has 133 heavy (non-hydrogen) atoms. The van der Waals surface area contributed by atoms with Crippen LogP contribution in [-0.2, 0) is 99.2 Å². The predicted molar refractivity (Wildman–Crippen MR) is 505 cm³/mol. The van der Waals surface area contributed by atoms with Gasteiger partial charge in [-0.15, -0.1) is 0 Å². The number of phenolic OH excluding ortho intramolecular Hbond substituents is 3. The first-order valence-electron chi connectivity index (χ1n) is 44.7. The van der Waals surface area contributed by atoms with Crippen molar-refractivity contribution in [1.29, 1.82) is 0 Å². The molecule has 0 saturated heterocycles. The number of nitrogens with two attached hydrogens (primary N) is 7. The highest BCUT2D eigenvalue weighted by atomic mass is 32.1. The lowest BCUT2D eigenvalue weighted by molar-refractivity contribution is -0.137. The molecular formula is C91H133N21O19S2. The van der Waals surface area contributed by atoms with Crippen LogP contribution in [0.2, 0.25) is 0 Å². The summed E-state index contributed by atoms with van der Waals surface area (Å²) >= 11 is 8.64. The average Bonchev–Trinajstić information content (AvgIpc) is 1.57. The second kappa shape index (κ2) is 58.1. The number of benzene rings is 5. The van der Waals surface area contributed by atoms with Crippen molar-refractivity contribution >= 4 is 119 Å². The molecule has 42 heteroatoms. The van der Waals surface area contributed by atoms with E-state index in [0.29, 0.717) is 90.2 Å². The van der Waals surface area contributed by atoms with Gasteiger partial charge in [0.25, 0.3) is 0 Å². The molecule has 0 aliphatic carbocycles. The first kappa shape index (κ1) is 110. The number of hydrogen-bond donors (Lipinski definition) is 28. The Labute approximate surface area is 783 Å². The van der Waals surface area contributed by atoms with E-state index in [-0.39, 0.29) is 133 Å². The molecule has 0 unspecified atom stereocenters. The Balaban J connectivity index is 1.29. The van der Waals surface area contributed by atoms with Crippen LogP contribution in [0.5, 0.6) is 17.2 Å². The number of rotatable bonds is 61. The van der Waals surface area contributed by atoms with Gasteiger partial charge < -0.3 is 140 Å². The lowest BCUT2D eigenvalue weighted by atomic mass is 10.0. The number of carbonyl (C=O) groups excluding carboxylic acids is 14. The van der Waals surface area contributed by atoms with Crippen molar-refractivity contribution in [2.24, 2.45) is 40.1 Å². The van der Waals surface area contributed by atoms with Gasteiger partial charge in [-0.05, 0) is 207 Å². The van der Waals surface area contributed by atoms with E-state index in [2.05, 4.69) is 99.4 Å². The number of para-hydroxylation sites is 1. The van der Waals surface area contributed by atoms with Crippen LogP contribution in [0.15, 0.2) is 134 Å². The Bertz CT molecular complexity index is 4730. The van der Waals surface area contributed by atoms with Crippen LogP contribution in [0.4, 0.5) is 0 Å². The zero-order chi connectivity index (χ0) is 97.6. The molecule has 33 N–H and O–H groups in total. The lowest BCUT2D eigenvalue weighted by Gasteiger charge is -2.29. The van der Waals surface area contributed by atoms with E-state index in [0.717, 1.165) is 0 Å². The van der Waals surface area contributed by atoms with Crippen LogP contribution in [0, 0.1) is 0 Å². The second-order valence-corrected chi connectivity index (χ2v) is 33.5. The molecule has 0 aliphatic heterocycles. The summed E-state index contributed by atoms with van der Waals surface area (Å²) in [5.74, 6) is -14.2. The number of thiol groups is 2. The van der Waals surface area contributed by atoms with Gasteiger partial charge in [0, 0.05) is 60.7 Å². The Morgan fingerprint density at radius 1 is 0.308 bits per heavy atom. The summed E-state index contributed by atoms with van der Waals surface area (Å²) in [4.78, 5) is 206. The number of hydrogen-bond acceptors (Lipinski definition) is 27. The normalized spacial score (nSPS) is 14.9. The minimum atomic E-state index is -1.80. The van der Waals surface area contributed by atoms with E-state index in [4.69, 9.17) is 40.1 Å². The van der Waals surface area contributed by atoms with Crippen molar-refractivity contribution in [3.05, 3.63) is 161 Å². The number of aliphatic hydroxyl groups is 2. The fourth-order valence-electron chi connectivity index (χ4n) is 14.4. The average molecular weight is 1890 g/mol. The van der Waals surface area contributed by atoms with Crippen LogP contribution in [0.1, 0.15) is 138 Å². The van der Waals surface area contributed by atoms with Crippen molar-refractivity contribution in [3.8, 4) is 17.2 Å². The van der Waals surface area contributed by atoms with Crippen LogP contribution in [0.25, 0.3) is 10.9 Å². The second-order valence-electron chi connectivity index (χ2n) is 32.8. The zero-order valence-electron chi connectivity index (χ0n) is 74.9. The van der Waals surface area contributed by atoms with Crippen molar-refractivity contribution in [3.63, 3.8) is 0 Å². The quantitative estimate of drug-likeness (QED) is 0.0135. The predicted octanol–water partition coefficient (Wildman–Crippen LogP) is -2.82. The smallest absolute Gasteiger partial charge is 0.245 e. The standard InChI is InChI=1S/C91H133N21O19S2/c1-52(113)76(78(98)118)111-90(130)75(51-133)110-91(131)77(53(2)114)112-83(123)68(26-12-17-43-96)103-88(128)73(48-58-49-99-64-22-7-6-20-62(58)64)108-87(127)70(44-54-18-4-3-5-19-54)107-89(129)74(50-132)109-82(122)67(25-11-16-42-95)102-86(126)72(47-57-31-37-61(117)38-32-57)106-81(121)66(24-10-15-41-94)101-85(125)71(46-56-29-35-60(116)36-30-56)105-80(120)65(23-9-14-40-93)100-84(124)69(45-55-27-33-59(115)34-28-55)104-79(119)63(97)21-8-13-39-92/h3-7,18-20,22,27-38,49,52-53,63,65-77,99,113-117,132-133H,8-17,21,23-26,39-48,50-51,92-97H2,1-2H3,(H2,98,118)(H,100,124)(H,101,125)(H,102,126)(H,103,128)(H,104,119)(H,105,120)(H,106,121)(H,107,129)(H,108,127)(H,109,122)(H,110,131)(H,111,130)(H,112,123)/t52-,53-,63-,65+,66+,67+,68+,69+,70+,71+,72+,73-,74+,75+,76+,77+/m1/s1. The molecule has 1 heterocycles. The molecule has 0 saturated carbocycles. The number of aromatic amines is 1. The van der Waals surface area contributed by atoms with Crippen molar-refractivity contribution in [2.75, 3.05) is 44.2 Å². The zero-order valence-corrected chi connectivity index (χ0v) is 76.7. The molecule has 5 aromatic carbocycles. The monoisotopic (exact) mass is 1890 g/mol. The molecule has 6 aromatic rings. The number of unbranched alkanes of at least 4 members (excludes halogenated alkanes) is 5. The Hall–Kier alpha value is -12.0. The number of fused-ring (bicyclic) bond motifs is 1. The minimum Gasteiger partial charge on any atom is -0.508 e. The Morgan fingerprint density at radius 3 is 0.910 bits per heavy atom. The third-order valence-corrected chi connectivity index (χ3v) is 22.8. The molecule has 0 aliphatic rings. The maximum atomic E-state index is 15.3. The highest BCUT2D eigenvalue weighted by Crippen LogP contribution is 2.23. The van der Waals surface area contributed by atoms with Crippen LogP contribution < -0.4 is 109 Å². The first-order chi connectivity index (χ1) is 63.6. The first-order valence-corrected chi connectivity index (χ1v) is 45.9. The molecule has 40 nitrogen and oxygen atoms in total. The maximum absolute atomic E-state index is 15.3. The van der Waals surface area contributed by atoms with Gasteiger partial charge in [0.15, 0.2) is 0 Å². The number of carbonyl (C=O) groups is 14. The lowest BCUT2D eigenvalue weighted by Crippen LogP contribution is -2.62. The van der Waals surface area contributed by atoms with Gasteiger partial charge in [0.05, 0.1) is 18.2 Å². The van der Waals surface area contributed by atoms with E-state index < -0.39 is 185 Å². The maximum Gasteiger partial charge on any atom is 0.245 e. The number of amides is 14. The molecule has 0 fully saturated rings. The molecule has 6 rings (SSSR count). The molecule has 14 amide bonds. The number of aromatic hydroxyl groups is 3. The fraction of sp³-hybridized carbons (Fsp3) is 0.495. The van der Waals surface area contributed by atoms with Gasteiger partial charge in [-0.1, -0.05) is 91.3 Å². The van der Waals surface area contributed by atoms with Gasteiger partial charge in [-0.2, -0.15) is 25.3 Å². The fourth-order valence-corrected chi connectivity index (χ4v) is 14.9. The summed E-state index contributed by atoms with van der Waals surface area (Å²) in [6.07, 6.45) is 0.728. The van der Waals surface area contributed by atoms with Gasteiger partial charge in [0.1, 0.15) is 95.8 Å². The van der Waals surface area contributed by atoms with E-state index >= 15 is 28.8 Å². The van der Waals surface area contributed by atoms with Gasteiger partial charge >= 0.3 is 0 Å². The topological polar surface area (TPSA) is 694 Å². The summed E-state index contributed by atoms with van der Waals surface area (Å²) in [6.45, 7) is 3.40. The SMILES string of the molecule is C[C@@H](O)[C@H](NC(=O)[C@H](CS)NC(=O)[C@@H](NC(=O)[C@H](CCCCN)NC(=O)[C@@H](Cc1c[nH]c2ccccc12)NC(=O)[C@H](Cc1ccccc1)NC(=O)[C@H](CS)NC(=O)[C@H](CCCCN)NC(=O)[C@H](Cc1ccc(O)cc1)NC(=O)[C@H](CCCCN)NC(=O)[C@H](Cc1ccc(O)cc1)NC(=O)[C@H](CCCCN)NC(=O)[C@H](Cc1ccc(O)cc1)NC(=O)[C@H](N)CCCCN)[C@@H](C)O)C(N)=O. The third kappa shape index (κ3) is 37.5. The summed E-state index contributed by atoms with van der Waals surface area (Å²) in [5, 5.41) is 86.9. The van der Waals surface area contributed by atoms with Gasteiger partial charge in [0.2, 0.25) is 82.7 Å². The van der Waals surface area contributed by atoms with Crippen LogP contribution >= 0.6 is 25.3 Å². The van der Waals surface area contributed by atoms with E-state index in [1.165, 1.54) is 74.5 Å². The van der Waals surface area contributed by atoms with Crippen molar-refractivity contribution < 1.29 is 92.7 Å².